The fourth-order valence-electron chi connectivity index (χ4n) is 2.46. The molecule has 0 saturated carbocycles. The molecule has 3 nitrogen and oxygen atoms in total. The quantitative estimate of drug-likeness (QED) is 0.653. The highest BCUT2D eigenvalue weighted by Gasteiger charge is 2.04. The second-order valence-electron chi connectivity index (χ2n) is 6.27. The van der Waals surface area contributed by atoms with Gasteiger partial charge in [0.25, 0.3) is 0 Å². The minimum absolute atomic E-state index is 0.306. The summed E-state index contributed by atoms with van der Waals surface area (Å²) in [4.78, 5) is 0. The van der Waals surface area contributed by atoms with Gasteiger partial charge in [-0.3, -0.25) is 0 Å². The summed E-state index contributed by atoms with van der Waals surface area (Å²) in [7, 11) is 0. The Hall–Kier alpha value is -1.84. The number of nitrogens with one attached hydrogen (secondary N) is 1. The van der Waals surface area contributed by atoms with Crippen LogP contribution in [0.15, 0.2) is 48.5 Å². The van der Waals surface area contributed by atoms with E-state index in [2.05, 4.69) is 62.5 Å². The predicted molar refractivity (Wildman–Crippen MR) is 99.4 cm³/mol. The van der Waals surface area contributed by atoms with Crippen molar-refractivity contribution in [1.29, 1.82) is 0 Å². The van der Waals surface area contributed by atoms with Crippen molar-refractivity contribution in [2.45, 2.75) is 46.4 Å². The molecule has 0 radical (unpaired) electrons. The molecule has 0 fully saturated rings. The Balaban J connectivity index is 1.80. The molecule has 0 saturated heterocycles. The average Bonchev–Trinajstić information content (AvgIpc) is 2.58. The van der Waals surface area contributed by atoms with E-state index in [1.165, 1.54) is 16.7 Å². The van der Waals surface area contributed by atoms with Crippen molar-refractivity contribution < 1.29 is 9.47 Å². The van der Waals surface area contributed by atoms with Crippen molar-refractivity contribution >= 4 is 0 Å². The van der Waals surface area contributed by atoms with E-state index in [9.17, 15) is 0 Å². The van der Waals surface area contributed by atoms with Gasteiger partial charge in [-0.25, -0.2) is 0 Å². The number of hydrogen-bond donors (Lipinski definition) is 1. The Bertz CT molecular complexity index is 610. The molecule has 0 unspecified atom stereocenters. The van der Waals surface area contributed by atoms with Crippen LogP contribution in [0, 0.1) is 6.92 Å². The van der Waals surface area contributed by atoms with Gasteiger partial charge in [0.1, 0.15) is 12.4 Å². The third kappa shape index (κ3) is 6.34. The van der Waals surface area contributed by atoms with Crippen molar-refractivity contribution in [3.05, 3.63) is 65.2 Å². The van der Waals surface area contributed by atoms with E-state index in [-0.39, 0.29) is 0 Å². The molecule has 0 aliphatic carbocycles. The molecule has 24 heavy (non-hydrogen) atoms. The molecule has 0 aromatic heterocycles. The summed E-state index contributed by atoms with van der Waals surface area (Å²) < 4.78 is 11.6. The van der Waals surface area contributed by atoms with Crippen LogP contribution in [0.1, 0.15) is 37.0 Å². The first-order valence-electron chi connectivity index (χ1n) is 8.74. The maximum Gasteiger partial charge on any atom is 0.124 e. The van der Waals surface area contributed by atoms with Crippen LogP contribution in [-0.4, -0.2) is 19.3 Å². The van der Waals surface area contributed by atoms with Crippen molar-refractivity contribution in [1.82, 2.24) is 5.32 Å². The van der Waals surface area contributed by atoms with E-state index < -0.39 is 0 Å². The summed E-state index contributed by atoms with van der Waals surface area (Å²) in [6, 6.07) is 16.6. The zero-order valence-corrected chi connectivity index (χ0v) is 15.0. The second kappa shape index (κ2) is 10.1. The van der Waals surface area contributed by atoms with Crippen LogP contribution in [0.2, 0.25) is 0 Å². The third-order valence-electron chi connectivity index (χ3n) is 3.88. The topological polar surface area (TPSA) is 30.5 Å². The number of benzene rings is 2. The van der Waals surface area contributed by atoms with Crippen LogP contribution >= 0.6 is 0 Å². The molecule has 0 bridgehead atoms. The van der Waals surface area contributed by atoms with Gasteiger partial charge in [-0.1, -0.05) is 42.5 Å². The second-order valence-corrected chi connectivity index (χ2v) is 6.27. The van der Waals surface area contributed by atoms with E-state index in [0.717, 1.165) is 31.9 Å². The van der Waals surface area contributed by atoms with Crippen molar-refractivity contribution in [2.75, 3.05) is 13.2 Å². The van der Waals surface area contributed by atoms with Crippen molar-refractivity contribution in [2.24, 2.45) is 0 Å². The molecular formula is C21H29NO2. The average molecular weight is 327 g/mol. The minimum Gasteiger partial charge on any atom is -0.489 e. The minimum atomic E-state index is 0.306. The van der Waals surface area contributed by atoms with Crippen LogP contribution in [-0.2, 0) is 17.9 Å². The zero-order valence-electron chi connectivity index (χ0n) is 15.0. The number of aryl methyl sites for hydroxylation is 1. The molecule has 0 amide bonds. The molecule has 2 aromatic carbocycles. The number of rotatable bonds is 10. The number of ether oxygens (including phenoxy) is 2. The number of hydrogen-bond acceptors (Lipinski definition) is 3. The van der Waals surface area contributed by atoms with E-state index in [1.54, 1.807) is 0 Å². The van der Waals surface area contributed by atoms with Crippen LogP contribution in [0.4, 0.5) is 0 Å². The van der Waals surface area contributed by atoms with Gasteiger partial charge < -0.3 is 14.8 Å². The van der Waals surface area contributed by atoms with Crippen LogP contribution in [0.5, 0.6) is 5.75 Å². The molecular weight excluding hydrogens is 298 g/mol. The molecule has 0 aliphatic rings. The normalized spacial score (nSPS) is 11.0. The van der Waals surface area contributed by atoms with Crippen LogP contribution in [0.3, 0.4) is 0 Å². The Morgan fingerprint density at radius 1 is 0.958 bits per heavy atom. The van der Waals surface area contributed by atoms with Crippen molar-refractivity contribution in [3.8, 4) is 5.75 Å². The molecule has 1 N–H and O–H groups in total. The summed E-state index contributed by atoms with van der Waals surface area (Å²) in [6.07, 6.45) is 1.32. The van der Waals surface area contributed by atoms with E-state index >= 15 is 0 Å². The highest BCUT2D eigenvalue weighted by molar-refractivity contribution is 5.34. The van der Waals surface area contributed by atoms with Crippen LogP contribution in [0.25, 0.3) is 0 Å². The maximum atomic E-state index is 6.05. The van der Waals surface area contributed by atoms with Gasteiger partial charge in [0.05, 0.1) is 6.10 Å². The molecule has 130 valence electrons. The molecule has 3 heteroatoms. The Morgan fingerprint density at radius 2 is 1.67 bits per heavy atom. The van der Waals surface area contributed by atoms with Gasteiger partial charge in [0, 0.05) is 18.7 Å². The SMILES string of the molecule is Cc1ccccc1COc1ccccc1CNCCCOC(C)C. The van der Waals surface area contributed by atoms with Crippen molar-refractivity contribution in [3.63, 3.8) is 0 Å². The lowest BCUT2D eigenvalue weighted by Crippen LogP contribution is -2.18. The molecule has 0 atom stereocenters. The smallest absolute Gasteiger partial charge is 0.124 e. The van der Waals surface area contributed by atoms with Gasteiger partial charge in [-0.2, -0.15) is 0 Å². The Kier molecular flexibility index (Phi) is 7.80. The lowest BCUT2D eigenvalue weighted by molar-refractivity contribution is 0.0770. The predicted octanol–water partition coefficient (Wildman–Crippen LogP) is 4.48. The first-order valence-corrected chi connectivity index (χ1v) is 8.74. The van der Waals surface area contributed by atoms with E-state index in [1.807, 2.05) is 12.1 Å². The van der Waals surface area contributed by atoms with Gasteiger partial charge in [-0.05, 0) is 50.9 Å². The fraction of sp³-hybridized carbons (Fsp3) is 0.429. The van der Waals surface area contributed by atoms with E-state index in [4.69, 9.17) is 9.47 Å². The standard InChI is InChI=1S/C21H29NO2/c1-17(2)23-14-8-13-22-15-19-10-6-7-12-21(19)24-16-20-11-5-4-9-18(20)3/h4-7,9-12,17,22H,8,13-16H2,1-3H3. The third-order valence-corrected chi connectivity index (χ3v) is 3.88. The van der Waals surface area contributed by atoms with Gasteiger partial charge in [-0.15, -0.1) is 0 Å². The van der Waals surface area contributed by atoms with E-state index in [0.29, 0.717) is 12.7 Å². The van der Waals surface area contributed by atoms with Crippen LogP contribution < -0.4 is 10.1 Å². The molecule has 2 rings (SSSR count). The largest absolute Gasteiger partial charge is 0.489 e. The summed E-state index contributed by atoms with van der Waals surface area (Å²) in [6.45, 7) is 9.41. The molecule has 0 spiro atoms. The lowest BCUT2D eigenvalue weighted by Gasteiger charge is -2.13. The molecule has 0 heterocycles. The summed E-state index contributed by atoms with van der Waals surface area (Å²) in [5, 5.41) is 3.47. The van der Waals surface area contributed by atoms with Gasteiger partial charge in [0.15, 0.2) is 0 Å². The summed E-state index contributed by atoms with van der Waals surface area (Å²) in [5.74, 6) is 0.951. The van der Waals surface area contributed by atoms with Gasteiger partial charge >= 0.3 is 0 Å². The Morgan fingerprint density at radius 3 is 2.42 bits per heavy atom. The highest BCUT2D eigenvalue weighted by Crippen LogP contribution is 2.20. The zero-order chi connectivity index (χ0) is 17.2. The summed E-state index contributed by atoms with van der Waals surface area (Å²) in [5.41, 5.74) is 3.68. The first-order chi connectivity index (χ1) is 11.7. The fourth-order valence-corrected chi connectivity index (χ4v) is 2.46. The number of para-hydroxylation sites is 1. The lowest BCUT2D eigenvalue weighted by atomic mass is 10.1. The Labute approximate surface area is 146 Å². The maximum absolute atomic E-state index is 6.05. The monoisotopic (exact) mass is 327 g/mol. The van der Waals surface area contributed by atoms with Gasteiger partial charge in [0.2, 0.25) is 0 Å². The summed E-state index contributed by atoms with van der Waals surface area (Å²) >= 11 is 0. The molecule has 2 aromatic rings. The highest BCUT2D eigenvalue weighted by atomic mass is 16.5. The molecule has 0 aliphatic heterocycles. The first kappa shape index (κ1) is 18.5.